The largest absolute Gasteiger partial charge is 0.336 e. The average molecular weight is 380 g/mol. The van der Waals surface area contributed by atoms with E-state index in [9.17, 15) is 9.18 Å². The van der Waals surface area contributed by atoms with Crippen LogP contribution in [0.15, 0.2) is 53.1 Å². The second-order valence-corrected chi connectivity index (χ2v) is 7.15. The van der Waals surface area contributed by atoms with Crippen LogP contribution in [0.2, 0.25) is 0 Å². The second-order valence-electron chi connectivity index (χ2n) is 7.15. The van der Waals surface area contributed by atoms with E-state index in [-0.39, 0.29) is 17.8 Å². The number of nitrogens with two attached hydrogens (primary N) is 1. The zero-order valence-corrected chi connectivity index (χ0v) is 15.5. The maximum atomic E-state index is 13.0. The summed E-state index contributed by atoms with van der Waals surface area (Å²) in [6.45, 7) is 3.35. The summed E-state index contributed by atoms with van der Waals surface area (Å²) in [5.41, 5.74) is 7.76. The van der Waals surface area contributed by atoms with Crippen molar-refractivity contribution in [1.82, 2.24) is 15.0 Å². The normalized spacial score (nSPS) is 19.2. The molecule has 2 unspecified atom stereocenters. The molecule has 3 aromatic rings. The maximum Gasteiger partial charge on any atom is 0.258 e. The van der Waals surface area contributed by atoms with Gasteiger partial charge in [0.1, 0.15) is 5.82 Å². The number of nitrogens with zero attached hydrogens (tertiary/aromatic N) is 3. The molecular weight excluding hydrogens is 359 g/mol. The summed E-state index contributed by atoms with van der Waals surface area (Å²) in [6, 6.07) is 13.2. The first-order valence-corrected chi connectivity index (χ1v) is 9.26. The van der Waals surface area contributed by atoms with E-state index in [0.717, 1.165) is 12.0 Å². The van der Waals surface area contributed by atoms with Crippen LogP contribution in [-0.4, -0.2) is 40.1 Å². The first-order chi connectivity index (χ1) is 13.5. The number of benzene rings is 2. The lowest BCUT2D eigenvalue weighted by Gasteiger charge is -2.21. The molecule has 2 N–H and O–H groups in total. The van der Waals surface area contributed by atoms with Crippen LogP contribution >= 0.6 is 0 Å². The van der Waals surface area contributed by atoms with Gasteiger partial charge in [-0.2, -0.15) is 4.98 Å². The molecule has 0 saturated carbocycles. The van der Waals surface area contributed by atoms with Gasteiger partial charge in [-0.25, -0.2) is 4.39 Å². The molecule has 0 aliphatic carbocycles. The molecule has 4 rings (SSSR count). The van der Waals surface area contributed by atoms with Gasteiger partial charge in [-0.3, -0.25) is 4.79 Å². The van der Waals surface area contributed by atoms with E-state index in [0.29, 0.717) is 41.8 Å². The molecule has 2 aromatic carbocycles. The number of halogens is 1. The van der Waals surface area contributed by atoms with Crippen molar-refractivity contribution in [3.8, 4) is 22.8 Å². The minimum Gasteiger partial charge on any atom is -0.336 e. The molecule has 0 radical (unpaired) electrons. The first kappa shape index (κ1) is 18.3. The molecule has 0 bridgehead atoms. The monoisotopic (exact) mass is 380 g/mol. The van der Waals surface area contributed by atoms with Gasteiger partial charge in [-0.1, -0.05) is 17.3 Å². The highest BCUT2D eigenvalue weighted by Gasteiger charge is 2.32. The smallest absolute Gasteiger partial charge is 0.258 e. The molecule has 7 heteroatoms. The summed E-state index contributed by atoms with van der Waals surface area (Å²) < 4.78 is 18.3. The summed E-state index contributed by atoms with van der Waals surface area (Å²) in [5.74, 6) is 0.774. The van der Waals surface area contributed by atoms with Crippen LogP contribution in [-0.2, 0) is 0 Å². The van der Waals surface area contributed by atoms with Crippen molar-refractivity contribution in [2.45, 2.75) is 19.4 Å². The zero-order valence-electron chi connectivity index (χ0n) is 15.5. The third kappa shape index (κ3) is 3.53. The molecule has 28 heavy (non-hydrogen) atoms. The van der Waals surface area contributed by atoms with Crippen molar-refractivity contribution in [3.05, 3.63) is 59.9 Å². The van der Waals surface area contributed by atoms with E-state index in [2.05, 4.69) is 17.1 Å². The van der Waals surface area contributed by atoms with Crippen molar-refractivity contribution in [3.63, 3.8) is 0 Å². The lowest BCUT2D eigenvalue weighted by atomic mass is 10.1. The van der Waals surface area contributed by atoms with Gasteiger partial charge in [0.15, 0.2) is 0 Å². The van der Waals surface area contributed by atoms with E-state index < -0.39 is 0 Å². The van der Waals surface area contributed by atoms with Crippen LogP contribution in [0, 0.1) is 11.7 Å². The van der Waals surface area contributed by atoms with Crippen molar-refractivity contribution in [2.24, 2.45) is 11.7 Å². The van der Waals surface area contributed by atoms with Crippen LogP contribution in [0.25, 0.3) is 22.8 Å². The van der Waals surface area contributed by atoms with E-state index in [1.807, 2.05) is 4.90 Å². The number of aromatic nitrogens is 2. The first-order valence-electron chi connectivity index (χ1n) is 9.26. The minimum absolute atomic E-state index is 0.00936. The van der Waals surface area contributed by atoms with Crippen molar-refractivity contribution in [1.29, 1.82) is 0 Å². The van der Waals surface area contributed by atoms with E-state index in [1.54, 1.807) is 36.4 Å². The number of carbonyl (C=O) groups is 1. The molecule has 1 amide bonds. The second kappa shape index (κ2) is 7.52. The van der Waals surface area contributed by atoms with Crippen LogP contribution < -0.4 is 5.73 Å². The number of hydrogen-bond acceptors (Lipinski definition) is 5. The Bertz CT molecular complexity index is 969. The highest BCUT2D eigenvalue weighted by molar-refractivity contribution is 5.95. The molecule has 2 atom stereocenters. The Morgan fingerprint density at radius 3 is 2.50 bits per heavy atom. The van der Waals surface area contributed by atoms with Gasteiger partial charge in [0.2, 0.25) is 5.82 Å². The standard InChI is InChI=1S/C21H21FN4O2/c1-13-10-14(11-23)12-26(13)21(27)17-4-2-15(3-5-17)19-24-20(28-25-19)16-6-8-18(22)9-7-16/h2-9,13-14H,10-12,23H2,1H3. The molecule has 1 saturated heterocycles. The predicted molar refractivity (Wildman–Crippen MR) is 103 cm³/mol. The zero-order chi connectivity index (χ0) is 19.7. The van der Waals surface area contributed by atoms with Gasteiger partial charge in [0.25, 0.3) is 11.8 Å². The topological polar surface area (TPSA) is 85.2 Å². The number of carbonyl (C=O) groups excluding carboxylic acids is 1. The van der Waals surface area contributed by atoms with Crippen LogP contribution in [0.3, 0.4) is 0 Å². The van der Waals surface area contributed by atoms with Crippen molar-refractivity contribution in [2.75, 3.05) is 13.1 Å². The summed E-state index contributed by atoms with van der Waals surface area (Å²) in [5, 5.41) is 3.98. The molecule has 2 heterocycles. The number of likely N-dealkylation sites (tertiary alicyclic amines) is 1. The summed E-state index contributed by atoms with van der Waals surface area (Å²) >= 11 is 0. The summed E-state index contributed by atoms with van der Waals surface area (Å²) in [7, 11) is 0. The maximum absolute atomic E-state index is 13.0. The van der Waals surface area contributed by atoms with Crippen molar-refractivity contribution < 1.29 is 13.7 Å². The van der Waals surface area contributed by atoms with E-state index in [4.69, 9.17) is 10.3 Å². The predicted octanol–water partition coefficient (Wildman–Crippen LogP) is 3.35. The molecular formula is C21H21FN4O2. The molecule has 0 spiro atoms. The minimum atomic E-state index is -0.325. The van der Waals surface area contributed by atoms with E-state index in [1.165, 1.54) is 12.1 Å². The average Bonchev–Trinajstić information content (AvgIpc) is 3.35. The highest BCUT2D eigenvalue weighted by Crippen LogP contribution is 2.26. The van der Waals surface area contributed by atoms with Crippen molar-refractivity contribution >= 4 is 5.91 Å². The van der Waals surface area contributed by atoms with Crippen LogP contribution in [0.1, 0.15) is 23.7 Å². The van der Waals surface area contributed by atoms with Gasteiger partial charge in [-0.05, 0) is 62.2 Å². The highest BCUT2D eigenvalue weighted by atomic mass is 19.1. The van der Waals surface area contributed by atoms with E-state index >= 15 is 0 Å². The Hall–Kier alpha value is -3.06. The Kier molecular flexibility index (Phi) is 4.92. The lowest BCUT2D eigenvalue weighted by molar-refractivity contribution is 0.0743. The quantitative estimate of drug-likeness (QED) is 0.750. The number of rotatable bonds is 4. The fourth-order valence-electron chi connectivity index (χ4n) is 3.57. The Morgan fingerprint density at radius 1 is 1.18 bits per heavy atom. The Balaban J connectivity index is 1.51. The fraction of sp³-hybridized carbons (Fsp3) is 0.286. The third-order valence-electron chi connectivity index (χ3n) is 5.16. The Morgan fingerprint density at radius 2 is 1.86 bits per heavy atom. The molecule has 1 aromatic heterocycles. The summed E-state index contributed by atoms with van der Waals surface area (Å²) in [6.07, 6.45) is 0.940. The fourth-order valence-corrected chi connectivity index (χ4v) is 3.57. The molecule has 1 fully saturated rings. The van der Waals surface area contributed by atoms with Crippen LogP contribution in [0.4, 0.5) is 4.39 Å². The van der Waals surface area contributed by atoms with Gasteiger partial charge in [-0.15, -0.1) is 0 Å². The molecule has 6 nitrogen and oxygen atoms in total. The van der Waals surface area contributed by atoms with Gasteiger partial charge < -0.3 is 15.2 Å². The van der Waals surface area contributed by atoms with Gasteiger partial charge >= 0.3 is 0 Å². The Labute approximate surface area is 162 Å². The summed E-state index contributed by atoms with van der Waals surface area (Å²) in [4.78, 5) is 19.0. The van der Waals surface area contributed by atoms with Gasteiger partial charge in [0.05, 0.1) is 0 Å². The SMILES string of the molecule is CC1CC(CN)CN1C(=O)c1ccc(-c2noc(-c3ccc(F)cc3)n2)cc1. The van der Waals surface area contributed by atoms with Gasteiger partial charge in [0, 0.05) is 29.3 Å². The number of amides is 1. The van der Waals surface area contributed by atoms with Crippen LogP contribution in [0.5, 0.6) is 0 Å². The molecule has 1 aliphatic rings. The lowest BCUT2D eigenvalue weighted by Crippen LogP contribution is -2.34. The molecule has 1 aliphatic heterocycles. The third-order valence-corrected chi connectivity index (χ3v) is 5.16. The number of hydrogen-bond donors (Lipinski definition) is 1. The molecule has 144 valence electrons.